The molecule has 16 heavy (non-hydrogen) atoms. The molecule has 0 atom stereocenters. The molecular formula is C11H14N4O. The van der Waals surface area contributed by atoms with Gasteiger partial charge in [0.1, 0.15) is 11.6 Å². The Morgan fingerprint density at radius 2 is 2.12 bits per heavy atom. The lowest BCUT2D eigenvalue weighted by Gasteiger charge is -2.06. The van der Waals surface area contributed by atoms with E-state index in [0.29, 0.717) is 11.5 Å². The third kappa shape index (κ3) is 1.60. The molecule has 2 aromatic rings. The predicted octanol–water partition coefficient (Wildman–Crippen LogP) is 1.98. The van der Waals surface area contributed by atoms with Crippen molar-refractivity contribution in [2.45, 2.75) is 13.8 Å². The Hall–Kier alpha value is -2.04. The van der Waals surface area contributed by atoms with Gasteiger partial charge < -0.3 is 15.6 Å². The van der Waals surface area contributed by atoms with E-state index < -0.39 is 0 Å². The number of nitrogen functional groups attached to an aromatic ring is 1. The van der Waals surface area contributed by atoms with Gasteiger partial charge in [-0.1, -0.05) is 5.16 Å². The van der Waals surface area contributed by atoms with Crippen LogP contribution >= 0.6 is 0 Å². The first-order valence-corrected chi connectivity index (χ1v) is 5.00. The minimum absolute atomic E-state index is 0.611. The van der Waals surface area contributed by atoms with Gasteiger partial charge in [-0.2, -0.15) is 0 Å². The number of nitrogens with two attached hydrogens (primary N) is 1. The van der Waals surface area contributed by atoms with Gasteiger partial charge in [-0.3, -0.25) is 0 Å². The molecule has 0 unspecified atom stereocenters. The highest BCUT2D eigenvalue weighted by molar-refractivity contribution is 5.74. The summed E-state index contributed by atoms with van der Waals surface area (Å²) in [6, 6.07) is 1.87. The number of aromatic nitrogens is 2. The molecule has 0 spiro atoms. The van der Waals surface area contributed by atoms with Crippen LogP contribution in [0.3, 0.4) is 0 Å². The number of nitrogens with zero attached hydrogens (tertiary/aromatic N) is 2. The van der Waals surface area contributed by atoms with Crippen LogP contribution in [0.2, 0.25) is 0 Å². The number of anilines is 2. The molecule has 0 aliphatic rings. The van der Waals surface area contributed by atoms with Crippen molar-refractivity contribution in [1.82, 2.24) is 10.1 Å². The lowest BCUT2D eigenvalue weighted by Crippen LogP contribution is -1.99. The molecule has 3 N–H and O–H groups in total. The van der Waals surface area contributed by atoms with Crippen molar-refractivity contribution >= 4 is 11.5 Å². The van der Waals surface area contributed by atoms with Crippen molar-refractivity contribution < 1.29 is 4.52 Å². The number of nitrogens with one attached hydrogen (secondary N) is 1. The van der Waals surface area contributed by atoms with Crippen LogP contribution in [-0.2, 0) is 0 Å². The summed E-state index contributed by atoms with van der Waals surface area (Å²) in [7, 11) is 1.79. The quantitative estimate of drug-likeness (QED) is 0.805. The Balaban J connectivity index is 2.53. The van der Waals surface area contributed by atoms with Gasteiger partial charge >= 0.3 is 0 Å². The van der Waals surface area contributed by atoms with E-state index in [0.717, 1.165) is 22.6 Å². The average Bonchev–Trinajstić information content (AvgIpc) is 2.58. The minimum Gasteiger partial charge on any atom is -0.396 e. The normalized spacial score (nSPS) is 10.4. The second-order valence-corrected chi connectivity index (χ2v) is 3.61. The molecule has 5 nitrogen and oxygen atoms in total. The molecule has 0 saturated carbocycles. The number of hydrogen-bond acceptors (Lipinski definition) is 5. The molecule has 0 bridgehead atoms. The Labute approximate surface area is 93.7 Å². The third-order valence-corrected chi connectivity index (χ3v) is 2.48. The van der Waals surface area contributed by atoms with Crippen molar-refractivity contribution in [3.63, 3.8) is 0 Å². The smallest absolute Gasteiger partial charge is 0.148 e. The maximum Gasteiger partial charge on any atom is 0.148 e. The monoisotopic (exact) mass is 218 g/mol. The summed E-state index contributed by atoms with van der Waals surface area (Å²) < 4.78 is 5.11. The molecule has 0 saturated heterocycles. The van der Waals surface area contributed by atoms with E-state index in [1.165, 1.54) is 0 Å². The Kier molecular flexibility index (Phi) is 2.52. The van der Waals surface area contributed by atoms with Crippen molar-refractivity contribution in [2.75, 3.05) is 18.1 Å². The van der Waals surface area contributed by atoms with Crippen LogP contribution in [0.15, 0.2) is 16.8 Å². The average molecular weight is 218 g/mol. The van der Waals surface area contributed by atoms with Crippen molar-refractivity contribution in [3.05, 3.63) is 23.7 Å². The van der Waals surface area contributed by atoms with E-state index in [1.807, 2.05) is 19.9 Å². The van der Waals surface area contributed by atoms with Crippen LogP contribution in [0.5, 0.6) is 0 Å². The highest BCUT2D eigenvalue weighted by atomic mass is 16.5. The van der Waals surface area contributed by atoms with Crippen molar-refractivity contribution in [3.8, 4) is 11.1 Å². The van der Waals surface area contributed by atoms with Crippen LogP contribution < -0.4 is 11.1 Å². The van der Waals surface area contributed by atoms with E-state index >= 15 is 0 Å². The van der Waals surface area contributed by atoms with Gasteiger partial charge in [0.15, 0.2) is 0 Å². The molecule has 0 aliphatic heterocycles. The fourth-order valence-electron chi connectivity index (χ4n) is 1.72. The third-order valence-electron chi connectivity index (χ3n) is 2.48. The molecule has 84 valence electrons. The molecular weight excluding hydrogens is 204 g/mol. The van der Waals surface area contributed by atoms with Gasteiger partial charge in [0, 0.05) is 24.4 Å². The first kappa shape index (κ1) is 10.5. The predicted molar refractivity (Wildman–Crippen MR) is 63.2 cm³/mol. The summed E-state index contributed by atoms with van der Waals surface area (Å²) in [6.45, 7) is 3.77. The van der Waals surface area contributed by atoms with E-state index in [1.54, 1.807) is 13.2 Å². The lowest BCUT2D eigenvalue weighted by atomic mass is 10.1. The summed E-state index contributed by atoms with van der Waals surface area (Å²) in [4.78, 5) is 4.23. The summed E-state index contributed by atoms with van der Waals surface area (Å²) in [5.74, 6) is 1.45. The Bertz CT molecular complexity index is 499. The maximum absolute atomic E-state index is 5.86. The van der Waals surface area contributed by atoms with E-state index in [9.17, 15) is 0 Å². The molecule has 0 fully saturated rings. The first-order chi connectivity index (χ1) is 7.63. The molecule has 0 aliphatic carbocycles. The highest BCUT2D eigenvalue weighted by Gasteiger charge is 2.12. The second-order valence-electron chi connectivity index (χ2n) is 3.61. The number of hydrogen-bond donors (Lipinski definition) is 2. The van der Waals surface area contributed by atoms with Gasteiger partial charge in [0.25, 0.3) is 0 Å². The summed E-state index contributed by atoms with van der Waals surface area (Å²) in [5.41, 5.74) is 9.20. The largest absolute Gasteiger partial charge is 0.396 e. The Morgan fingerprint density at radius 1 is 1.38 bits per heavy atom. The molecule has 0 aromatic carbocycles. The van der Waals surface area contributed by atoms with Gasteiger partial charge in [-0.05, 0) is 19.9 Å². The van der Waals surface area contributed by atoms with Crippen LogP contribution in [0.4, 0.5) is 11.5 Å². The molecule has 2 rings (SSSR count). The molecule has 5 heteroatoms. The molecule has 0 amide bonds. The summed E-state index contributed by atoms with van der Waals surface area (Å²) in [6.07, 6.45) is 1.76. The zero-order chi connectivity index (χ0) is 11.7. The van der Waals surface area contributed by atoms with Gasteiger partial charge in [0.2, 0.25) is 0 Å². The SMILES string of the molecule is CNc1ncc(-c2c(C)noc2C)cc1N. The number of pyridine rings is 1. The number of aryl methyl sites for hydroxylation is 2. The topological polar surface area (TPSA) is 77.0 Å². The van der Waals surface area contributed by atoms with Crippen LogP contribution in [0, 0.1) is 13.8 Å². The van der Waals surface area contributed by atoms with Crippen LogP contribution in [0.25, 0.3) is 11.1 Å². The van der Waals surface area contributed by atoms with E-state index in [-0.39, 0.29) is 0 Å². The van der Waals surface area contributed by atoms with Crippen molar-refractivity contribution in [2.24, 2.45) is 0 Å². The van der Waals surface area contributed by atoms with Crippen LogP contribution in [0.1, 0.15) is 11.5 Å². The zero-order valence-electron chi connectivity index (χ0n) is 9.53. The van der Waals surface area contributed by atoms with Gasteiger partial charge in [0.05, 0.1) is 11.4 Å². The standard InChI is InChI=1S/C11H14N4O/c1-6-10(7(2)16-15-6)8-4-9(12)11(13-3)14-5-8/h4-5H,12H2,1-3H3,(H,13,14). The van der Waals surface area contributed by atoms with Crippen molar-refractivity contribution in [1.29, 1.82) is 0 Å². The summed E-state index contributed by atoms with van der Waals surface area (Å²) >= 11 is 0. The Morgan fingerprint density at radius 3 is 2.62 bits per heavy atom. The fourth-order valence-corrected chi connectivity index (χ4v) is 1.72. The molecule has 2 heterocycles. The van der Waals surface area contributed by atoms with Crippen LogP contribution in [-0.4, -0.2) is 17.2 Å². The zero-order valence-corrected chi connectivity index (χ0v) is 9.53. The minimum atomic E-state index is 0.611. The molecule has 2 aromatic heterocycles. The van der Waals surface area contributed by atoms with E-state index in [4.69, 9.17) is 10.3 Å². The summed E-state index contributed by atoms with van der Waals surface area (Å²) in [5, 5.41) is 6.83. The first-order valence-electron chi connectivity index (χ1n) is 5.00. The highest BCUT2D eigenvalue weighted by Crippen LogP contribution is 2.29. The number of rotatable bonds is 2. The van der Waals surface area contributed by atoms with Gasteiger partial charge in [-0.15, -0.1) is 0 Å². The molecule has 0 radical (unpaired) electrons. The lowest BCUT2D eigenvalue weighted by molar-refractivity contribution is 0.393. The maximum atomic E-state index is 5.86. The second kappa shape index (κ2) is 3.84. The van der Waals surface area contributed by atoms with Gasteiger partial charge in [-0.25, -0.2) is 4.98 Å². The van der Waals surface area contributed by atoms with E-state index in [2.05, 4.69) is 15.5 Å². The fraction of sp³-hybridized carbons (Fsp3) is 0.273.